The third kappa shape index (κ3) is 4.52. The number of methoxy groups -OCH3 is 1. The second kappa shape index (κ2) is 8.44. The number of nitrogens with zero attached hydrogens (tertiary/aromatic N) is 4. The molecule has 0 aliphatic heterocycles. The molecule has 0 saturated carbocycles. The zero-order valence-corrected chi connectivity index (χ0v) is 16.2. The number of hydrogen-bond acceptors (Lipinski definition) is 8. The largest absolute Gasteiger partial charge is 0.493 e. The maximum Gasteiger partial charge on any atom is 0.343 e. The normalized spacial score (nSPS) is 10.8. The van der Waals surface area contributed by atoms with Gasteiger partial charge in [-0.2, -0.15) is 14.9 Å². The highest BCUT2D eigenvalue weighted by Gasteiger charge is 2.16. The highest BCUT2D eigenvalue weighted by molar-refractivity contribution is 7.71. The summed E-state index contributed by atoms with van der Waals surface area (Å²) in [6.45, 7) is 1.75. The summed E-state index contributed by atoms with van der Waals surface area (Å²) in [6, 6.07) is 10.1. The van der Waals surface area contributed by atoms with E-state index in [2.05, 4.69) is 15.3 Å². The first-order valence-corrected chi connectivity index (χ1v) is 8.63. The molecule has 0 radical (unpaired) electrons. The molecule has 10 nitrogen and oxygen atoms in total. The Hall–Kier alpha value is -3.86. The highest BCUT2D eigenvalue weighted by Crippen LogP contribution is 2.28. The molecular weight excluding hydrogens is 398 g/mol. The fraction of sp³-hybridized carbons (Fsp3) is 0.111. The molecule has 2 aromatic carbocycles. The topological polar surface area (TPSA) is 125 Å². The van der Waals surface area contributed by atoms with E-state index in [0.717, 1.165) is 6.07 Å². The summed E-state index contributed by atoms with van der Waals surface area (Å²) in [5, 5.41) is 21.7. The molecule has 1 heterocycles. The molecule has 0 atom stereocenters. The van der Waals surface area contributed by atoms with Gasteiger partial charge in [-0.25, -0.2) is 4.79 Å². The Bertz CT molecular complexity index is 1170. The summed E-state index contributed by atoms with van der Waals surface area (Å²) in [5.41, 5.74) is 0.516. The Balaban J connectivity index is 1.82. The number of benzene rings is 2. The predicted molar refractivity (Wildman–Crippen MR) is 106 cm³/mol. The number of esters is 1. The van der Waals surface area contributed by atoms with Crippen molar-refractivity contribution < 1.29 is 19.2 Å². The van der Waals surface area contributed by atoms with E-state index in [9.17, 15) is 14.9 Å². The van der Waals surface area contributed by atoms with Crippen molar-refractivity contribution in [3.8, 4) is 11.5 Å². The highest BCUT2D eigenvalue weighted by atomic mass is 32.1. The maximum atomic E-state index is 12.3. The number of nitro benzene ring substituents is 1. The Morgan fingerprint density at radius 1 is 1.31 bits per heavy atom. The van der Waals surface area contributed by atoms with Gasteiger partial charge in [0.25, 0.3) is 5.69 Å². The molecule has 1 aromatic heterocycles. The number of rotatable bonds is 6. The van der Waals surface area contributed by atoms with Crippen LogP contribution in [0.3, 0.4) is 0 Å². The summed E-state index contributed by atoms with van der Waals surface area (Å²) in [4.78, 5) is 22.6. The van der Waals surface area contributed by atoms with E-state index in [1.165, 1.54) is 36.1 Å². The Morgan fingerprint density at radius 2 is 2.10 bits per heavy atom. The molecule has 3 rings (SSSR count). The fourth-order valence-corrected chi connectivity index (χ4v) is 2.61. The maximum absolute atomic E-state index is 12.3. The van der Waals surface area contributed by atoms with Crippen molar-refractivity contribution in [2.24, 2.45) is 5.10 Å². The first-order chi connectivity index (χ1) is 13.9. The molecule has 0 bridgehead atoms. The van der Waals surface area contributed by atoms with Crippen LogP contribution < -0.4 is 9.47 Å². The van der Waals surface area contributed by atoms with E-state index in [1.54, 1.807) is 25.3 Å². The molecule has 0 aliphatic carbocycles. The zero-order chi connectivity index (χ0) is 21.0. The van der Waals surface area contributed by atoms with E-state index < -0.39 is 10.9 Å². The minimum absolute atomic E-state index is 0.0525. The molecule has 29 heavy (non-hydrogen) atoms. The zero-order valence-electron chi connectivity index (χ0n) is 15.4. The average Bonchev–Trinajstić information content (AvgIpc) is 3.04. The standard InChI is InChI=1S/C18H15N5O5S/c1-11-20-21-18(29)22(11)19-10-12-6-7-15(16(8-12)27-2)28-17(24)13-4-3-5-14(9-13)23(25)26/h3-10H,1-2H3,(H,21,29)/b19-10+. The van der Waals surface area contributed by atoms with Gasteiger partial charge in [0.05, 0.1) is 23.8 Å². The molecule has 0 fully saturated rings. The molecular formula is C18H15N5O5S. The fourth-order valence-electron chi connectivity index (χ4n) is 2.38. The summed E-state index contributed by atoms with van der Waals surface area (Å²) in [6.07, 6.45) is 1.55. The van der Waals surface area contributed by atoms with Crippen LogP contribution in [0.5, 0.6) is 11.5 Å². The third-order valence-electron chi connectivity index (χ3n) is 3.82. The van der Waals surface area contributed by atoms with Crippen LogP contribution in [0, 0.1) is 21.8 Å². The van der Waals surface area contributed by atoms with Crippen molar-refractivity contribution in [1.82, 2.24) is 14.9 Å². The Labute approximate surface area is 169 Å². The van der Waals surface area contributed by atoms with E-state index in [4.69, 9.17) is 21.7 Å². The van der Waals surface area contributed by atoms with Gasteiger partial charge >= 0.3 is 5.97 Å². The van der Waals surface area contributed by atoms with Crippen molar-refractivity contribution >= 4 is 30.1 Å². The number of nitro groups is 1. The quantitative estimate of drug-likeness (QED) is 0.164. The predicted octanol–water partition coefficient (Wildman–Crippen LogP) is 3.27. The van der Waals surface area contributed by atoms with Crippen LogP contribution in [0.1, 0.15) is 21.7 Å². The van der Waals surface area contributed by atoms with Crippen molar-refractivity contribution in [3.63, 3.8) is 0 Å². The SMILES string of the molecule is COc1cc(/C=N/n2c(C)n[nH]c2=S)ccc1OC(=O)c1cccc([N+](=O)[O-])c1. The number of H-pyrrole nitrogens is 1. The molecule has 0 saturated heterocycles. The number of aromatic nitrogens is 3. The lowest BCUT2D eigenvalue weighted by molar-refractivity contribution is -0.384. The minimum atomic E-state index is -0.742. The number of aryl methyl sites for hydroxylation is 1. The first kappa shape index (κ1) is 19.9. The molecule has 11 heteroatoms. The van der Waals surface area contributed by atoms with Gasteiger partial charge in [0, 0.05) is 12.1 Å². The lowest BCUT2D eigenvalue weighted by Gasteiger charge is -2.10. The molecule has 0 amide bonds. The first-order valence-electron chi connectivity index (χ1n) is 8.22. The van der Waals surface area contributed by atoms with E-state index in [-0.39, 0.29) is 17.0 Å². The molecule has 148 valence electrons. The van der Waals surface area contributed by atoms with Gasteiger partial charge in [-0.1, -0.05) is 6.07 Å². The lowest BCUT2D eigenvalue weighted by Crippen LogP contribution is -2.09. The van der Waals surface area contributed by atoms with Crippen LogP contribution in [-0.2, 0) is 0 Å². The monoisotopic (exact) mass is 413 g/mol. The summed E-state index contributed by atoms with van der Waals surface area (Å²) >= 11 is 5.08. The van der Waals surface area contributed by atoms with Crippen molar-refractivity contribution in [2.45, 2.75) is 6.92 Å². The van der Waals surface area contributed by atoms with E-state index >= 15 is 0 Å². The van der Waals surface area contributed by atoms with Crippen LogP contribution in [0.15, 0.2) is 47.6 Å². The van der Waals surface area contributed by atoms with E-state index in [1.807, 2.05) is 0 Å². The van der Waals surface area contributed by atoms with Crippen LogP contribution >= 0.6 is 12.2 Å². The van der Waals surface area contributed by atoms with Crippen molar-refractivity contribution in [1.29, 1.82) is 0 Å². The van der Waals surface area contributed by atoms with Crippen molar-refractivity contribution in [3.05, 3.63) is 74.3 Å². The van der Waals surface area contributed by atoms with Gasteiger partial charge in [0.2, 0.25) is 4.77 Å². The number of hydrogen-bond donors (Lipinski definition) is 1. The summed E-state index contributed by atoms with van der Waals surface area (Å²) in [5.74, 6) is 0.312. The molecule has 1 N–H and O–H groups in total. The Kier molecular flexibility index (Phi) is 5.79. The number of carbonyl (C=O) groups excluding carboxylic acids is 1. The van der Waals surface area contributed by atoms with Gasteiger partial charge in [-0.3, -0.25) is 15.2 Å². The van der Waals surface area contributed by atoms with E-state index in [0.29, 0.717) is 21.9 Å². The number of aromatic amines is 1. The van der Waals surface area contributed by atoms with Crippen LogP contribution in [-0.4, -0.2) is 39.1 Å². The average molecular weight is 413 g/mol. The van der Waals surface area contributed by atoms with Crippen LogP contribution in [0.25, 0.3) is 0 Å². The number of carbonyl (C=O) groups is 1. The van der Waals surface area contributed by atoms with Gasteiger partial charge < -0.3 is 9.47 Å². The molecule has 0 spiro atoms. The molecule has 3 aromatic rings. The third-order valence-corrected chi connectivity index (χ3v) is 4.08. The number of nitrogens with one attached hydrogen (secondary N) is 1. The lowest BCUT2D eigenvalue weighted by atomic mass is 10.2. The number of non-ortho nitro benzene ring substituents is 1. The second-order valence-electron chi connectivity index (χ2n) is 5.74. The smallest absolute Gasteiger partial charge is 0.343 e. The van der Waals surface area contributed by atoms with Crippen molar-refractivity contribution in [2.75, 3.05) is 7.11 Å². The Morgan fingerprint density at radius 3 is 2.76 bits per heavy atom. The van der Waals surface area contributed by atoms with Gasteiger partial charge in [0.1, 0.15) is 5.82 Å². The minimum Gasteiger partial charge on any atom is -0.493 e. The van der Waals surface area contributed by atoms with Gasteiger partial charge in [0.15, 0.2) is 11.5 Å². The molecule has 0 aliphatic rings. The van der Waals surface area contributed by atoms with Crippen LogP contribution in [0.4, 0.5) is 5.69 Å². The molecule has 0 unspecified atom stereocenters. The summed E-state index contributed by atoms with van der Waals surface area (Å²) < 4.78 is 12.4. The summed E-state index contributed by atoms with van der Waals surface area (Å²) in [7, 11) is 1.43. The van der Waals surface area contributed by atoms with Crippen LogP contribution in [0.2, 0.25) is 0 Å². The number of ether oxygens (including phenoxy) is 2. The van der Waals surface area contributed by atoms with Gasteiger partial charge in [-0.05, 0) is 49.0 Å². The second-order valence-corrected chi connectivity index (χ2v) is 6.13. The van der Waals surface area contributed by atoms with Gasteiger partial charge in [-0.15, -0.1) is 0 Å².